The van der Waals surface area contributed by atoms with Crippen LogP contribution in [-0.4, -0.2) is 36.2 Å². The summed E-state index contributed by atoms with van der Waals surface area (Å²) in [7, 11) is 1.30. The minimum Gasteiger partial charge on any atom is -0.467 e. The fourth-order valence-corrected chi connectivity index (χ4v) is 2.20. The molecule has 1 rings (SSSR count). The predicted molar refractivity (Wildman–Crippen MR) is 67.6 cm³/mol. The van der Waals surface area contributed by atoms with Crippen molar-refractivity contribution < 1.29 is 19.1 Å². The quantitative estimate of drug-likeness (QED) is 0.631. The van der Waals surface area contributed by atoms with Crippen LogP contribution in [0.25, 0.3) is 0 Å². The molecule has 1 fully saturated rings. The van der Waals surface area contributed by atoms with E-state index in [4.69, 9.17) is 21.1 Å². The number of halogens is 1. The number of esters is 1. The van der Waals surface area contributed by atoms with E-state index in [0.717, 1.165) is 0 Å². The van der Waals surface area contributed by atoms with E-state index in [1.807, 2.05) is 0 Å². The molecule has 104 valence electrons. The largest absolute Gasteiger partial charge is 0.467 e. The molecular weight excluding hydrogens is 258 g/mol. The zero-order chi connectivity index (χ0) is 14.0. The summed E-state index contributed by atoms with van der Waals surface area (Å²) in [5.41, 5.74) is -1.55. The average Bonchev–Trinajstić information content (AvgIpc) is 2.89. The highest BCUT2D eigenvalue weighted by atomic mass is 35.5. The third kappa shape index (κ3) is 3.51. The molecule has 1 amide bonds. The van der Waals surface area contributed by atoms with E-state index in [0.29, 0.717) is 18.7 Å². The van der Waals surface area contributed by atoms with E-state index in [1.165, 1.54) is 7.11 Å². The molecule has 1 aliphatic rings. The Labute approximate surface area is 112 Å². The van der Waals surface area contributed by atoms with Gasteiger partial charge in [-0.1, -0.05) is 0 Å². The zero-order valence-corrected chi connectivity index (χ0v) is 12.0. The van der Waals surface area contributed by atoms with Crippen LogP contribution >= 0.6 is 11.6 Å². The first kappa shape index (κ1) is 15.1. The molecule has 18 heavy (non-hydrogen) atoms. The van der Waals surface area contributed by atoms with Crippen molar-refractivity contribution in [3.05, 3.63) is 0 Å². The number of rotatable bonds is 4. The van der Waals surface area contributed by atoms with Gasteiger partial charge in [0.1, 0.15) is 11.1 Å². The molecule has 6 heteroatoms. The Morgan fingerprint density at radius 3 is 2.50 bits per heavy atom. The Morgan fingerprint density at radius 1 is 1.44 bits per heavy atom. The van der Waals surface area contributed by atoms with Crippen LogP contribution in [0.3, 0.4) is 0 Å². The van der Waals surface area contributed by atoms with Crippen molar-refractivity contribution >= 4 is 23.7 Å². The van der Waals surface area contributed by atoms with Gasteiger partial charge in [0, 0.05) is 5.88 Å². The lowest BCUT2D eigenvalue weighted by atomic mass is 10.1. The maximum absolute atomic E-state index is 11.7. The van der Waals surface area contributed by atoms with Crippen LogP contribution in [-0.2, 0) is 14.3 Å². The smallest absolute Gasteiger partial charge is 0.408 e. The van der Waals surface area contributed by atoms with E-state index < -0.39 is 23.2 Å². The molecule has 0 bridgehead atoms. The maximum atomic E-state index is 11.7. The number of nitrogens with one attached hydrogen (secondary N) is 1. The Kier molecular flexibility index (Phi) is 4.48. The standard InChI is InChI=1S/C12H20ClNO4/c1-11(2,3)18-10(16)14-12(9(15)17-4)7-8(12)5-6-13/h8H,5-7H2,1-4H3,(H,14,16)/t8-,12-/m1/s1. The Hall–Kier alpha value is -0.970. The van der Waals surface area contributed by atoms with E-state index >= 15 is 0 Å². The fourth-order valence-electron chi connectivity index (χ4n) is 1.93. The van der Waals surface area contributed by atoms with E-state index in [-0.39, 0.29) is 5.92 Å². The highest BCUT2D eigenvalue weighted by Gasteiger charge is 2.62. The molecule has 0 spiro atoms. The highest BCUT2D eigenvalue weighted by molar-refractivity contribution is 6.17. The van der Waals surface area contributed by atoms with Crippen LogP contribution in [0.2, 0.25) is 0 Å². The first-order chi connectivity index (χ1) is 8.25. The molecule has 1 N–H and O–H groups in total. The van der Waals surface area contributed by atoms with Gasteiger partial charge in [-0.2, -0.15) is 0 Å². The Morgan fingerprint density at radius 2 is 2.06 bits per heavy atom. The first-order valence-electron chi connectivity index (χ1n) is 5.90. The van der Waals surface area contributed by atoms with E-state index in [2.05, 4.69) is 5.32 Å². The summed E-state index contributed by atoms with van der Waals surface area (Å²) >= 11 is 5.66. The molecule has 2 atom stereocenters. The number of hydrogen-bond acceptors (Lipinski definition) is 4. The lowest BCUT2D eigenvalue weighted by Crippen LogP contribution is -2.47. The molecule has 0 aromatic heterocycles. The van der Waals surface area contributed by atoms with Crippen molar-refractivity contribution in [2.45, 2.75) is 44.8 Å². The molecule has 0 radical (unpaired) electrons. The summed E-state index contributed by atoms with van der Waals surface area (Å²) in [4.78, 5) is 23.5. The highest BCUT2D eigenvalue weighted by Crippen LogP contribution is 2.47. The second-order valence-electron chi connectivity index (χ2n) is 5.47. The van der Waals surface area contributed by atoms with Gasteiger partial charge in [0.25, 0.3) is 0 Å². The summed E-state index contributed by atoms with van der Waals surface area (Å²) in [5, 5.41) is 2.62. The van der Waals surface area contributed by atoms with Crippen molar-refractivity contribution in [2.24, 2.45) is 5.92 Å². The van der Waals surface area contributed by atoms with Gasteiger partial charge in [-0.25, -0.2) is 9.59 Å². The minimum atomic E-state index is -0.952. The van der Waals surface area contributed by atoms with Crippen LogP contribution in [0.4, 0.5) is 4.79 Å². The van der Waals surface area contributed by atoms with Crippen molar-refractivity contribution in [1.29, 1.82) is 0 Å². The Balaban J connectivity index is 2.65. The van der Waals surface area contributed by atoms with Crippen LogP contribution < -0.4 is 5.32 Å². The topological polar surface area (TPSA) is 64.6 Å². The van der Waals surface area contributed by atoms with Gasteiger partial charge in [-0.15, -0.1) is 11.6 Å². The van der Waals surface area contributed by atoms with Gasteiger partial charge in [-0.05, 0) is 39.5 Å². The maximum Gasteiger partial charge on any atom is 0.408 e. The molecule has 1 saturated carbocycles. The molecule has 1 aliphatic carbocycles. The van der Waals surface area contributed by atoms with Gasteiger partial charge >= 0.3 is 12.1 Å². The molecular formula is C12H20ClNO4. The number of methoxy groups -OCH3 is 1. The van der Waals surface area contributed by atoms with Gasteiger partial charge < -0.3 is 14.8 Å². The zero-order valence-electron chi connectivity index (χ0n) is 11.2. The second kappa shape index (κ2) is 5.34. The predicted octanol–water partition coefficient (Wildman–Crippen LogP) is 2.07. The molecule has 5 nitrogen and oxygen atoms in total. The molecule has 0 aromatic rings. The summed E-state index contributed by atoms with van der Waals surface area (Å²) in [6.45, 7) is 5.29. The lowest BCUT2D eigenvalue weighted by Gasteiger charge is -2.23. The molecule has 0 aromatic carbocycles. The van der Waals surface area contributed by atoms with Gasteiger partial charge in [0.15, 0.2) is 0 Å². The van der Waals surface area contributed by atoms with E-state index in [1.54, 1.807) is 20.8 Å². The number of carbonyl (C=O) groups is 2. The SMILES string of the molecule is COC(=O)[C@@]1(NC(=O)OC(C)(C)C)C[C@H]1CCCl. The van der Waals surface area contributed by atoms with Crippen molar-refractivity contribution in [1.82, 2.24) is 5.32 Å². The van der Waals surface area contributed by atoms with Gasteiger partial charge in [-0.3, -0.25) is 0 Å². The van der Waals surface area contributed by atoms with Gasteiger partial charge in [0.05, 0.1) is 7.11 Å². The van der Waals surface area contributed by atoms with Crippen LogP contribution in [0.1, 0.15) is 33.6 Å². The average molecular weight is 278 g/mol. The molecule has 0 unspecified atom stereocenters. The monoisotopic (exact) mass is 277 g/mol. The fraction of sp³-hybridized carbons (Fsp3) is 0.833. The van der Waals surface area contributed by atoms with Crippen molar-refractivity contribution in [2.75, 3.05) is 13.0 Å². The number of amides is 1. The third-order valence-corrected chi connectivity index (χ3v) is 3.05. The molecule has 0 heterocycles. The van der Waals surface area contributed by atoms with Crippen molar-refractivity contribution in [3.63, 3.8) is 0 Å². The number of alkyl halides is 1. The van der Waals surface area contributed by atoms with Crippen LogP contribution in [0, 0.1) is 5.92 Å². The summed E-state index contributed by atoms with van der Waals surface area (Å²) < 4.78 is 9.88. The molecule has 0 saturated heterocycles. The number of alkyl carbamates (subject to hydrolysis) is 1. The molecule has 0 aliphatic heterocycles. The summed E-state index contributed by atoms with van der Waals surface area (Å²) in [6, 6.07) is 0. The Bertz CT molecular complexity index is 339. The minimum absolute atomic E-state index is 0.0231. The summed E-state index contributed by atoms with van der Waals surface area (Å²) in [6.07, 6.45) is 0.600. The lowest BCUT2D eigenvalue weighted by molar-refractivity contribution is -0.144. The second-order valence-corrected chi connectivity index (χ2v) is 5.85. The first-order valence-corrected chi connectivity index (χ1v) is 6.44. The number of hydrogen-bond donors (Lipinski definition) is 1. The number of carbonyl (C=O) groups excluding carboxylic acids is 2. The normalized spacial score (nSPS) is 26.4. The summed E-state index contributed by atoms with van der Waals surface area (Å²) in [5.74, 6) is 0.0258. The van der Waals surface area contributed by atoms with Crippen LogP contribution in [0.5, 0.6) is 0 Å². The van der Waals surface area contributed by atoms with E-state index in [9.17, 15) is 9.59 Å². The van der Waals surface area contributed by atoms with Crippen LogP contribution in [0.15, 0.2) is 0 Å². The third-order valence-electron chi connectivity index (χ3n) is 2.84. The van der Waals surface area contributed by atoms with Gasteiger partial charge in [0.2, 0.25) is 0 Å². The van der Waals surface area contributed by atoms with Crippen molar-refractivity contribution in [3.8, 4) is 0 Å². The number of ether oxygens (including phenoxy) is 2.